The summed E-state index contributed by atoms with van der Waals surface area (Å²) in [5.41, 5.74) is 2.25. The molecule has 0 radical (unpaired) electrons. The molecule has 0 saturated heterocycles. The fourth-order valence-corrected chi connectivity index (χ4v) is 2.27. The summed E-state index contributed by atoms with van der Waals surface area (Å²) in [5.74, 6) is 0.117. The smallest absolute Gasteiger partial charge is 0.227 e. The van der Waals surface area contributed by atoms with Crippen LogP contribution in [0.2, 0.25) is 0 Å². The molecule has 1 aromatic rings. The molecule has 1 unspecified atom stereocenters. The van der Waals surface area contributed by atoms with E-state index in [0.29, 0.717) is 0 Å². The van der Waals surface area contributed by atoms with Crippen LogP contribution in [-0.2, 0) is 4.79 Å². The number of carbonyl (C=O) groups excluding carboxylic acids is 1. The summed E-state index contributed by atoms with van der Waals surface area (Å²) in [7, 11) is 6.37. The van der Waals surface area contributed by atoms with Gasteiger partial charge in [-0.15, -0.1) is 0 Å². The number of nitrogens with one attached hydrogen (secondary N) is 1. The van der Waals surface area contributed by atoms with E-state index in [1.54, 1.807) is 0 Å². The molecular weight excluding hydrogens is 248 g/mol. The van der Waals surface area contributed by atoms with Crippen LogP contribution in [0.15, 0.2) is 24.3 Å². The van der Waals surface area contributed by atoms with E-state index < -0.39 is 0 Å². The average molecular weight is 277 g/mol. The third kappa shape index (κ3) is 5.33. The molecular formula is C17H29N2O+. The van der Waals surface area contributed by atoms with Gasteiger partial charge in [-0.3, -0.25) is 9.28 Å². The number of amides is 1. The van der Waals surface area contributed by atoms with Gasteiger partial charge in [0.15, 0.2) is 0 Å². The van der Waals surface area contributed by atoms with Gasteiger partial charge in [-0.25, -0.2) is 0 Å². The maximum Gasteiger partial charge on any atom is 0.227 e. The van der Waals surface area contributed by atoms with Crippen molar-refractivity contribution in [3.63, 3.8) is 0 Å². The fraction of sp³-hybridized carbons (Fsp3) is 0.588. The van der Waals surface area contributed by atoms with Crippen molar-refractivity contribution >= 4 is 17.3 Å². The Hall–Kier alpha value is -1.35. The van der Waals surface area contributed by atoms with Gasteiger partial charge >= 0.3 is 0 Å². The predicted molar refractivity (Wildman–Crippen MR) is 87.9 cm³/mol. The van der Waals surface area contributed by atoms with E-state index in [2.05, 4.69) is 59.4 Å². The number of quaternary nitrogens is 1. The number of hydrogen-bond acceptors (Lipinski definition) is 1. The molecule has 0 bridgehead atoms. The standard InChI is InChI=1S/C17H28N2O/c1-13(12-17(2,3)4)16(20)18-14-8-10-15(11-9-14)19(5,6)7/h8-11,13H,12H2,1-7H3/p+1. The molecule has 1 N–H and O–H groups in total. The lowest BCUT2D eigenvalue weighted by atomic mass is 9.85. The Morgan fingerprint density at radius 3 is 2.05 bits per heavy atom. The molecule has 1 aromatic carbocycles. The van der Waals surface area contributed by atoms with E-state index in [0.717, 1.165) is 16.6 Å². The third-order valence-electron chi connectivity index (χ3n) is 3.28. The van der Waals surface area contributed by atoms with Gasteiger partial charge in [0.1, 0.15) is 5.69 Å². The number of rotatable bonds is 4. The second-order valence-corrected chi connectivity index (χ2v) is 7.71. The van der Waals surface area contributed by atoms with Crippen molar-refractivity contribution in [1.29, 1.82) is 0 Å². The molecule has 0 heterocycles. The predicted octanol–water partition coefficient (Wildman–Crippen LogP) is 3.89. The van der Waals surface area contributed by atoms with Gasteiger partial charge in [0.05, 0.1) is 21.1 Å². The highest BCUT2D eigenvalue weighted by Gasteiger charge is 2.21. The molecule has 0 aromatic heterocycles. The summed E-state index contributed by atoms with van der Waals surface area (Å²) in [6, 6.07) is 8.06. The molecule has 0 aliphatic heterocycles. The van der Waals surface area contributed by atoms with Crippen molar-refractivity contribution in [1.82, 2.24) is 4.48 Å². The molecule has 3 nitrogen and oxygen atoms in total. The minimum absolute atomic E-state index is 0.0214. The lowest BCUT2D eigenvalue weighted by Gasteiger charge is -2.24. The van der Waals surface area contributed by atoms with E-state index in [4.69, 9.17) is 0 Å². The Bertz CT molecular complexity index is 449. The second kappa shape index (κ2) is 5.96. The van der Waals surface area contributed by atoms with Crippen LogP contribution in [0.25, 0.3) is 0 Å². The summed E-state index contributed by atoms with van der Waals surface area (Å²) in [4.78, 5) is 12.2. The van der Waals surface area contributed by atoms with Gasteiger partial charge in [-0.1, -0.05) is 27.7 Å². The van der Waals surface area contributed by atoms with Crippen LogP contribution < -0.4 is 9.80 Å². The summed E-state index contributed by atoms with van der Waals surface area (Å²) in [5, 5.41) is 3.00. The minimum atomic E-state index is 0.0214. The highest BCUT2D eigenvalue weighted by Crippen LogP contribution is 2.25. The van der Waals surface area contributed by atoms with Crippen molar-refractivity contribution in [2.24, 2.45) is 11.3 Å². The fourth-order valence-electron chi connectivity index (χ4n) is 2.27. The van der Waals surface area contributed by atoms with Gasteiger partial charge in [0.25, 0.3) is 0 Å². The minimum Gasteiger partial charge on any atom is -0.326 e. The third-order valence-corrected chi connectivity index (χ3v) is 3.28. The SMILES string of the molecule is CC(CC(C)(C)C)C(=O)Nc1ccc([N+](C)(C)C)cc1. The Kier molecular flexibility index (Phi) is 4.98. The molecule has 20 heavy (non-hydrogen) atoms. The summed E-state index contributed by atoms with van der Waals surface area (Å²) in [6.07, 6.45) is 0.885. The van der Waals surface area contributed by atoms with Gasteiger partial charge in [-0.2, -0.15) is 0 Å². The first-order valence-corrected chi connectivity index (χ1v) is 7.22. The number of benzene rings is 1. The zero-order valence-corrected chi connectivity index (χ0v) is 13.9. The van der Waals surface area contributed by atoms with E-state index in [9.17, 15) is 4.79 Å². The molecule has 0 spiro atoms. The maximum atomic E-state index is 12.2. The first kappa shape index (κ1) is 16.7. The zero-order valence-electron chi connectivity index (χ0n) is 13.9. The van der Waals surface area contributed by atoms with E-state index in [1.165, 1.54) is 5.69 Å². The van der Waals surface area contributed by atoms with Gasteiger partial charge < -0.3 is 5.32 Å². The second-order valence-electron chi connectivity index (χ2n) is 7.71. The molecule has 3 heteroatoms. The van der Waals surface area contributed by atoms with Gasteiger partial charge in [-0.05, 0) is 24.0 Å². The first-order chi connectivity index (χ1) is 8.99. The van der Waals surface area contributed by atoms with Crippen LogP contribution in [0.4, 0.5) is 11.4 Å². The highest BCUT2D eigenvalue weighted by molar-refractivity contribution is 5.92. The number of hydrogen-bond donors (Lipinski definition) is 1. The van der Waals surface area contributed by atoms with Crippen molar-refractivity contribution in [2.75, 3.05) is 26.5 Å². The topological polar surface area (TPSA) is 29.1 Å². The lowest BCUT2D eigenvalue weighted by Crippen LogP contribution is -2.34. The van der Waals surface area contributed by atoms with Crippen molar-refractivity contribution in [2.45, 2.75) is 34.1 Å². The monoisotopic (exact) mass is 277 g/mol. The average Bonchev–Trinajstić information content (AvgIpc) is 2.26. The van der Waals surface area contributed by atoms with Gasteiger partial charge in [0, 0.05) is 23.7 Å². The van der Waals surface area contributed by atoms with Crippen LogP contribution in [0.5, 0.6) is 0 Å². The van der Waals surface area contributed by atoms with Crippen LogP contribution in [0.3, 0.4) is 0 Å². The first-order valence-electron chi connectivity index (χ1n) is 7.22. The molecule has 1 rings (SSSR count). The Labute approximate surface area is 123 Å². The number of carbonyl (C=O) groups is 1. The largest absolute Gasteiger partial charge is 0.326 e. The van der Waals surface area contributed by atoms with Crippen LogP contribution in [0, 0.1) is 11.3 Å². The van der Waals surface area contributed by atoms with Crippen LogP contribution in [-0.4, -0.2) is 27.1 Å². The lowest BCUT2D eigenvalue weighted by molar-refractivity contribution is -0.120. The Balaban J connectivity index is 2.67. The Morgan fingerprint density at radius 2 is 1.65 bits per heavy atom. The van der Waals surface area contributed by atoms with E-state index >= 15 is 0 Å². The summed E-state index contributed by atoms with van der Waals surface area (Å²) in [6.45, 7) is 8.47. The molecule has 0 saturated carbocycles. The van der Waals surface area contributed by atoms with Crippen molar-refractivity contribution < 1.29 is 4.79 Å². The molecule has 1 amide bonds. The zero-order chi connectivity index (χ0) is 15.6. The Morgan fingerprint density at radius 1 is 1.15 bits per heavy atom. The van der Waals surface area contributed by atoms with Crippen molar-refractivity contribution in [3.8, 4) is 0 Å². The molecule has 1 atom stereocenters. The van der Waals surface area contributed by atoms with Gasteiger partial charge in [0.2, 0.25) is 5.91 Å². The molecule has 0 aliphatic carbocycles. The summed E-state index contributed by atoms with van der Waals surface area (Å²) >= 11 is 0. The summed E-state index contributed by atoms with van der Waals surface area (Å²) < 4.78 is 0.772. The maximum absolute atomic E-state index is 12.2. The van der Waals surface area contributed by atoms with Crippen LogP contribution >= 0.6 is 0 Å². The molecule has 0 aliphatic rings. The normalized spacial score (nSPS) is 13.9. The number of anilines is 1. The van der Waals surface area contributed by atoms with E-state index in [-0.39, 0.29) is 17.2 Å². The van der Waals surface area contributed by atoms with Crippen LogP contribution in [0.1, 0.15) is 34.1 Å². The quantitative estimate of drug-likeness (QED) is 0.831. The van der Waals surface area contributed by atoms with Crippen molar-refractivity contribution in [3.05, 3.63) is 24.3 Å². The molecule has 0 fully saturated rings. The molecule has 112 valence electrons. The van der Waals surface area contributed by atoms with E-state index in [1.807, 2.05) is 19.1 Å². The number of nitrogens with zero attached hydrogens (tertiary/aromatic N) is 1. The highest BCUT2D eigenvalue weighted by atomic mass is 16.1.